The number of thiazole rings is 1. The number of fused-ring (bicyclic) bond motifs is 2. The molecular formula is C15H17N5O3S. The van der Waals surface area contributed by atoms with Crippen LogP contribution in [-0.4, -0.2) is 56.4 Å². The van der Waals surface area contributed by atoms with E-state index in [2.05, 4.69) is 20.4 Å². The standard InChI is InChI=1S/C15H17N5O3S/c1-23-14(22)15(4-9-7-24-8-16-9)5-10-2-3-12(15)20(10)13(21)11-6-17-19-18-11/h6-8,10,12H,2-5H2,1H3,(H,17,18,19)/t10-,12+,15+/m1/s1. The van der Waals surface area contributed by atoms with Crippen LogP contribution in [0.15, 0.2) is 17.1 Å². The van der Waals surface area contributed by atoms with E-state index in [9.17, 15) is 9.59 Å². The molecule has 2 saturated heterocycles. The van der Waals surface area contributed by atoms with Gasteiger partial charge in [0.2, 0.25) is 0 Å². The van der Waals surface area contributed by atoms with E-state index in [0.29, 0.717) is 12.8 Å². The number of ether oxygens (including phenoxy) is 1. The molecule has 0 aliphatic carbocycles. The van der Waals surface area contributed by atoms with Crippen LogP contribution in [-0.2, 0) is 16.0 Å². The van der Waals surface area contributed by atoms with Gasteiger partial charge in [-0.25, -0.2) is 4.98 Å². The zero-order valence-electron chi connectivity index (χ0n) is 13.1. The van der Waals surface area contributed by atoms with Crippen LogP contribution in [0.2, 0.25) is 0 Å². The van der Waals surface area contributed by atoms with Gasteiger partial charge in [0.1, 0.15) is 0 Å². The smallest absolute Gasteiger partial charge is 0.314 e. The highest BCUT2D eigenvalue weighted by Gasteiger charge is 2.62. The molecule has 4 rings (SSSR count). The van der Waals surface area contributed by atoms with Crippen LogP contribution >= 0.6 is 11.3 Å². The predicted octanol–water partition coefficient (Wildman–Crippen LogP) is 1.04. The summed E-state index contributed by atoms with van der Waals surface area (Å²) < 4.78 is 5.12. The summed E-state index contributed by atoms with van der Waals surface area (Å²) in [6.07, 6.45) is 4.19. The van der Waals surface area contributed by atoms with E-state index in [-0.39, 0.29) is 29.7 Å². The van der Waals surface area contributed by atoms with Crippen molar-refractivity contribution in [1.82, 2.24) is 25.3 Å². The van der Waals surface area contributed by atoms with Gasteiger partial charge < -0.3 is 9.64 Å². The molecular weight excluding hydrogens is 330 g/mol. The molecule has 0 saturated carbocycles. The van der Waals surface area contributed by atoms with Gasteiger partial charge >= 0.3 is 5.97 Å². The van der Waals surface area contributed by atoms with Crippen molar-refractivity contribution >= 4 is 23.2 Å². The van der Waals surface area contributed by atoms with Gasteiger partial charge in [0.25, 0.3) is 5.91 Å². The Morgan fingerprint density at radius 1 is 1.50 bits per heavy atom. The number of hydrogen-bond donors (Lipinski definition) is 1. The fourth-order valence-corrected chi connectivity index (χ4v) is 4.82. The molecule has 3 atom stereocenters. The van der Waals surface area contributed by atoms with Crippen molar-refractivity contribution in [1.29, 1.82) is 0 Å². The fourth-order valence-electron chi connectivity index (χ4n) is 4.26. The number of aromatic nitrogens is 4. The lowest BCUT2D eigenvalue weighted by atomic mass is 9.71. The number of rotatable bonds is 4. The summed E-state index contributed by atoms with van der Waals surface area (Å²) in [5.74, 6) is -0.444. The molecule has 0 spiro atoms. The number of aromatic amines is 1. The van der Waals surface area contributed by atoms with Gasteiger partial charge in [-0.05, 0) is 19.3 Å². The monoisotopic (exact) mass is 347 g/mol. The minimum absolute atomic E-state index is 0.0249. The first kappa shape index (κ1) is 15.3. The maximum Gasteiger partial charge on any atom is 0.314 e. The van der Waals surface area contributed by atoms with Crippen molar-refractivity contribution in [2.75, 3.05) is 7.11 Å². The van der Waals surface area contributed by atoms with Crippen LogP contribution in [0.4, 0.5) is 0 Å². The van der Waals surface area contributed by atoms with Crippen LogP contribution in [0.3, 0.4) is 0 Å². The van der Waals surface area contributed by atoms with Crippen LogP contribution in [0, 0.1) is 5.41 Å². The Balaban J connectivity index is 1.69. The molecule has 2 aromatic heterocycles. The number of hydrogen-bond acceptors (Lipinski definition) is 7. The summed E-state index contributed by atoms with van der Waals surface area (Å²) in [5, 5.41) is 12.0. The molecule has 1 N–H and O–H groups in total. The Morgan fingerprint density at radius 3 is 3.04 bits per heavy atom. The molecule has 2 bridgehead atoms. The quantitative estimate of drug-likeness (QED) is 0.829. The third-order valence-electron chi connectivity index (χ3n) is 5.18. The van der Waals surface area contributed by atoms with Crippen molar-refractivity contribution in [3.63, 3.8) is 0 Å². The summed E-state index contributed by atoms with van der Waals surface area (Å²) in [6, 6.07) is -0.169. The van der Waals surface area contributed by atoms with Crippen molar-refractivity contribution in [3.8, 4) is 0 Å². The summed E-state index contributed by atoms with van der Waals surface area (Å²) in [7, 11) is 1.40. The molecule has 2 aliphatic heterocycles. The molecule has 24 heavy (non-hydrogen) atoms. The molecule has 9 heteroatoms. The molecule has 126 valence electrons. The van der Waals surface area contributed by atoms with E-state index in [1.807, 2.05) is 5.38 Å². The third kappa shape index (κ3) is 2.15. The lowest BCUT2D eigenvalue weighted by Gasteiger charge is -2.34. The minimum atomic E-state index is -0.731. The number of nitrogens with one attached hydrogen (secondary N) is 1. The van der Waals surface area contributed by atoms with Crippen LogP contribution < -0.4 is 0 Å². The van der Waals surface area contributed by atoms with Gasteiger partial charge in [-0.2, -0.15) is 15.4 Å². The van der Waals surface area contributed by atoms with Gasteiger partial charge in [0.05, 0.1) is 29.9 Å². The van der Waals surface area contributed by atoms with E-state index < -0.39 is 5.41 Å². The maximum absolute atomic E-state index is 12.8. The highest BCUT2D eigenvalue weighted by molar-refractivity contribution is 7.07. The van der Waals surface area contributed by atoms with Gasteiger partial charge in [0, 0.05) is 23.9 Å². The molecule has 8 nitrogen and oxygen atoms in total. The lowest BCUT2D eigenvalue weighted by molar-refractivity contribution is -0.154. The Labute approximate surface area is 142 Å². The number of nitrogens with zero attached hydrogens (tertiary/aromatic N) is 4. The van der Waals surface area contributed by atoms with Crippen molar-refractivity contribution < 1.29 is 14.3 Å². The lowest BCUT2D eigenvalue weighted by Crippen LogP contribution is -2.47. The van der Waals surface area contributed by atoms with Crippen LogP contribution in [0.1, 0.15) is 35.4 Å². The average molecular weight is 347 g/mol. The first-order valence-corrected chi connectivity index (χ1v) is 8.74. The SMILES string of the molecule is COC(=O)[C@@]1(Cc2cscn2)C[C@H]2CC[C@@H]1N2C(=O)c1cn[nH]n1. The van der Waals surface area contributed by atoms with Crippen molar-refractivity contribution in [2.45, 2.75) is 37.8 Å². The Morgan fingerprint density at radius 2 is 2.38 bits per heavy atom. The number of methoxy groups -OCH3 is 1. The number of amides is 1. The molecule has 4 heterocycles. The normalized spacial score (nSPS) is 28.3. The molecule has 1 amide bonds. The van der Waals surface area contributed by atoms with Gasteiger partial charge in [-0.1, -0.05) is 0 Å². The Hall–Kier alpha value is -2.29. The van der Waals surface area contributed by atoms with Crippen molar-refractivity contribution in [3.05, 3.63) is 28.5 Å². The summed E-state index contributed by atoms with van der Waals surface area (Å²) in [5.41, 5.74) is 2.17. The van der Waals surface area contributed by atoms with E-state index in [1.54, 1.807) is 10.4 Å². The van der Waals surface area contributed by atoms with E-state index >= 15 is 0 Å². The maximum atomic E-state index is 12.8. The number of carbonyl (C=O) groups excluding carboxylic acids is 2. The highest BCUT2D eigenvalue weighted by Crippen LogP contribution is 2.52. The number of H-pyrrole nitrogens is 1. The van der Waals surface area contributed by atoms with E-state index in [4.69, 9.17) is 4.74 Å². The van der Waals surface area contributed by atoms with Gasteiger partial charge in [0.15, 0.2) is 5.69 Å². The van der Waals surface area contributed by atoms with Crippen LogP contribution in [0.5, 0.6) is 0 Å². The molecule has 2 aliphatic rings. The fraction of sp³-hybridized carbons (Fsp3) is 0.533. The zero-order chi connectivity index (χ0) is 16.7. The second-order valence-corrected chi connectivity index (χ2v) is 7.04. The van der Waals surface area contributed by atoms with E-state index in [0.717, 1.165) is 18.5 Å². The van der Waals surface area contributed by atoms with Gasteiger partial charge in [-0.15, -0.1) is 11.3 Å². The second-order valence-electron chi connectivity index (χ2n) is 6.32. The summed E-state index contributed by atoms with van der Waals surface area (Å²) >= 11 is 1.50. The predicted molar refractivity (Wildman–Crippen MR) is 84.2 cm³/mol. The van der Waals surface area contributed by atoms with E-state index in [1.165, 1.54) is 24.6 Å². The second kappa shape index (κ2) is 5.66. The molecule has 0 radical (unpaired) electrons. The highest BCUT2D eigenvalue weighted by atomic mass is 32.1. The summed E-state index contributed by atoms with van der Waals surface area (Å²) in [6.45, 7) is 0. The topological polar surface area (TPSA) is 101 Å². The summed E-state index contributed by atoms with van der Waals surface area (Å²) in [4.78, 5) is 31.6. The van der Waals surface area contributed by atoms with Gasteiger partial charge in [-0.3, -0.25) is 9.59 Å². The number of esters is 1. The average Bonchev–Trinajstić information content (AvgIpc) is 3.36. The molecule has 0 aromatic carbocycles. The minimum Gasteiger partial charge on any atom is -0.469 e. The Bertz CT molecular complexity index is 747. The third-order valence-corrected chi connectivity index (χ3v) is 5.82. The first-order chi connectivity index (χ1) is 11.7. The molecule has 0 unspecified atom stereocenters. The zero-order valence-corrected chi connectivity index (χ0v) is 14.0. The van der Waals surface area contributed by atoms with Crippen LogP contribution in [0.25, 0.3) is 0 Å². The number of carbonyl (C=O) groups is 2. The first-order valence-electron chi connectivity index (χ1n) is 7.79. The largest absolute Gasteiger partial charge is 0.469 e. The Kier molecular flexibility index (Phi) is 3.60. The molecule has 2 aromatic rings. The van der Waals surface area contributed by atoms with Crippen molar-refractivity contribution in [2.24, 2.45) is 5.41 Å². The molecule has 2 fully saturated rings.